The third kappa shape index (κ3) is 3.68. The molecule has 0 aliphatic rings. The zero-order valence-corrected chi connectivity index (χ0v) is 13.3. The van der Waals surface area contributed by atoms with Crippen LogP contribution in [0.3, 0.4) is 0 Å². The van der Waals surface area contributed by atoms with E-state index in [9.17, 15) is 8.42 Å². The zero-order chi connectivity index (χ0) is 15.5. The molecule has 0 N–H and O–H groups in total. The first kappa shape index (κ1) is 15.7. The molecule has 4 nitrogen and oxygen atoms in total. The molecule has 0 saturated carbocycles. The van der Waals surface area contributed by atoms with E-state index in [2.05, 4.69) is 4.98 Å². The normalized spacial score (nSPS) is 13.3. The van der Waals surface area contributed by atoms with E-state index in [1.165, 1.54) is 16.1 Å². The summed E-state index contributed by atoms with van der Waals surface area (Å²) in [7, 11) is -1.88. The van der Waals surface area contributed by atoms with Crippen molar-refractivity contribution in [2.24, 2.45) is 0 Å². The first-order chi connectivity index (χ1) is 9.91. The number of hydrogen-bond donors (Lipinski definition) is 0. The van der Waals surface area contributed by atoms with Gasteiger partial charge in [0.2, 0.25) is 10.0 Å². The minimum absolute atomic E-state index is 0.127. The highest BCUT2D eigenvalue weighted by Crippen LogP contribution is 2.17. The van der Waals surface area contributed by atoms with Crippen molar-refractivity contribution in [2.45, 2.75) is 31.2 Å². The molecule has 2 rings (SSSR count). The molecule has 1 atom stereocenters. The third-order valence-corrected chi connectivity index (χ3v) is 5.54. The molecule has 0 spiro atoms. The lowest BCUT2D eigenvalue weighted by atomic mass is 10.1. The predicted molar refractivity (Wildman–Crippen MR) is 83.5 cm³/mol. The highest BCUT2D eigenvalue weighted by atomic mass is 32.2. The molecule has 5 heteroatoms. The molecule has 0 unspecified atom stereocenters. The molecular formula is C16H20N2O2S. The van der Waals surface area contributed by atoms with Gasteiger partial charge < -0.3 is 0 Å². The summed E-state index contributed by atoms with van der Waals surface area (Å²) >= 11 is 0. The Hall–Kier alpha value is -1.72. The zero-order valence-electron chi connectivity index (χ0n) is 12.5. The average Bonchev–Trinajstić information content (AvgIpc) is 2.49. The van der Waals surface area contributed by atoms with Gasteiger partial charge in [-0.25, -0.2) is 8.42 Å². The summed E-state index contributed by atoms with van der Waals surface area (Å²) in [6.45, 7) is 3.94. The molecule has 0 saturated heterocycles. The molecule has 2 aromatic rings. The molecule has 0 aliphatic carbocycles. The topological polar surface area (TPSA) is 50.3 Å². The quantitative estimate of drug-likeness (QED) is 0.853. The Labute approximate surface area is 126 Å². The molecule has 0 aliphatic heterocycles. The van der Waals surface area contributed by atoms with Gasteiger partial charge in [0.25, 0.3) is 0 Å². The highest BCUT2D eigenvalue weighted by molar-refractivity contribution is 7.89. The lowest BCUT2D eigenvalue weighted by Gasteiger charge is -2.24. The number of benzene rings is 1. The second-order valence-corrected chi connectivity index (χ2v) is 7.25. The maximum atomic E-state index is 12.5. The number of pyridine rings is 1. The largest absolute Gasteiger partial charge is 0.263 e. The summed E-state index contributed by atoms with van der Waals surface area (Å²) in [5.74, 6) is 0. The number of sulfonamides is 1. The van der Waals surface area contributed by atoms with Crippen molar-refractivity contribution in [3.63, 3.8) is 0 Å². The van der Waals surface area contributed by atoms with E-state index < -0.39 is 10.0 Å². The minimum Gasteiger partial charge on any atom is -0.263 e. The number of likely N-dealkylation sites (N-methyl/N-ethyl adjacent to an activating group) is 1. The van der Waals surface area contributed by atoms with E-state index in [0.717, 1.165) is 5.56 Å². The van der Waals surface area contributed by atoms with Crippen molar-refractivity contribution < 1.29 is 8.42 Å². The Morgan fingerprint density at radius 2 is 1.86 bits per heavy atom. The maximum Gasteiger partial charge on any atom is 0.244 e. The first-order valence-electron chi connectivity index (χ1n) is 6.85. The van der Waals surface area contributed by atoms with Gasteiger partial charge in [0.1, 0.15) is 4.90 Å². The number of hydrogen-bond acceptors (Lipinski definition) is 3. The van der Waals surface area contributed by atoms with Crippen molar-refractivity contribution in [1.29, 1.82) is 0 Å². The first-order valence-corrected chi connectivity index (χ1v) is 8.29. The molecule has 0 fully saturated rings. The van der Waals surface area contributed by atoms with E-state index in [1.54, 1.807) is 25.4 Å². The molecule has 1 heterocycles. The standard InChI is InChI=1S/C16H20N2O2S/c1-13-6-8-15(9-7-13)11-14(2)18(3)21(19,20)16-5-4-10-17-12-16/h4-10,12,14H,11H2,1-3H3/t14-/m1/s1. The van der Waals surface area contributed by atoms with Crippen molar-refractivity contribution in [3.05, 3.63) is 59.9 Å². The number of aryl methyl sites for hydroxylation is 1. The van der Waals surface area contributed by atoms with Gasteiger partial charge in [-0.15, -0.1) is 0 Å². The highest BCUT2D eigenvalue weighted by Gasteiger charge is 2.25. The van der Waals surface area contributed by atoms with Gasteiger partial charge in [0.05, 0.1) is 0 Å². The second-order valence-electron chi connectivity index (χ2n) is 5.25. The van der Waals surface area contributed by atoms with Crippen molar-refractivity contribution in [2.75, 3.05) is 7.05 Å². The van der Waals surface area contributed by atoms with Gasteiger partial charge in [-0.1, -0.05) is 29.8 Å². The molecule has 0 amide bonds. The smallest absolute Gasteiger partial charge is 0.244 e. The summed E-state index contributed by atoms with van der Waals surface area (Å²) in [6.07, 6.45) is 3.62. The number of nitrogens with zero attached hydrogens (tertiary/aromatic N) is 2. The van der Waals surface area contributed by atoms with Crippen LogP contribution < -0.4 is 0 Å². The molecule has 0 radical (unpaired) electrons. The summed E-state index contributed by atoms with van der Waals surface area (Å²) in [4.78, 5) is 4.11. The Morgan fingerprint density at radius 1 is 1.19 bits per heavy atom. The summed E-state index contributed by atoms with van der Waals surface area (Å²) < 4.78 is 26.4. The van der Waals surface area contributed by atoms with Crippen LogP contribution in [-0.2, 0) is 16.4 Å². The van der Waals surface area contributed by atoms with Gasteiger partial charge >= 0.3 is 0 Å². The Kier molecular flexibility index (Phi) is 4.75. The van der Waals surface area contributed by atoms with Crippen LogP contribution in [0.4, 0.5) is 0 Å². The Morgan fingerprint density at radius 3 is 2.43 bits per heavy atom. The molecule has 1 aromatic carbocycles. The van der Waals surface area contributed by atoms with E-state index >= 15 is 0 Å². The van der Waals surface area contributed by atoms with Gasteiger partial charge in [0, 0.05) is 25.5 Å². The van der Waals surface area contributed by atoms with Crippen LogP contribution >= 0.6 is 0 Å². The molecule has 112 valence electrons. The fourth-order valence-electron chi connectivity index (χ4n) is 2.10. The fourth-order valence-corrected chi connectivity index (χ4v) is 3.42. The van der Waals surface area contributed by atoms with E-state index in [4.69, 9.17) is 0 Å². The van der Waals surface area contributed by atoms with Gasteiger partial charge in [-0.05, 0) is 38.0 Å². The lowest BCUT2D eigenvalue weighted by molar-refractivity contribution is 0.386. The fraction of sp³-hybridized carbons (Fsp3) is 0.312. The van der Waals surface area contributed by atoms with Crippen LogP contribution in [0.1, 0.15) is 18.1 Å². The van der Waals surface area contributed by atoms with Gasteiger partial charge in [0.15, 0.2) is 0 Å². The Bertz CT molecular complexity index is 682. The van der Waals surface area contributed by atoms with Crippen molar-refractivity contribution >= 4 is 10.0 Å². The van der Waals surface area contributed by atoms with E-state index in [-0.39, 0.29) is 10.9 Å². The number of aromatic nitrogens is 1. The van der Waals surface area contributed by atoms with Crippen LogP contribution in [0.2, 0.25) is 0 Å². The maximum absolute atomic E-state index is 12.5. The molecule has 21 heavy (non-hydrogen) atoms. The van der Waals surface area contributed by atoms with Gasteiger partial charge in [-0.2, -0.15) is 4.31 Å². The van der Waals surface area contributed by atoms with Crippen molar-refractivity contribution in [1.82, 2.24) is 9.29 Å². The molecule has 0 bridgehead atoms. The van der Waals surface area contributed by atoms with E-state index in [0.29, 0.717) is 6.42 Å². The Balaban J connectivity index is 2.15. The van der Waals surface area contributed by atoms with Crippen molar-refractivity contribution in [3.8, 4) is 0 Å². The number of rotatable bonds is 5. The van der Waals surface area contributed by atoms with Crippen LogP contribution in [0.25, 0.3) is 0 Å². The summed E-state index contributed by atoms with van der Waals surface area (Å²) in [6, 6.07) is 11.2. The van der Waals surface area contributed by atoms with Crippen LogP contribution in [0, 0.1) is 6.92 Å². The minimum atomic E-state index is -3.50. The predicted octanol–water partition coefficient (Wildman–Crippen LogP) is 2.64. The van der Waals surface area contributed by atoms with Crippen LogP contribution in [-0.4, -0.2) is 30.8 Å². The van der Waals surface area contributed by atoms with Gasteiger partial charge in [-0.3, -0.25) is 4.98 Å². The van der Waals surface area contributed by atoms with Crippen LogP contribution in [0.5, 0.6) is 0 Å². The summed E-state index contributed by atoms with van der Waals surface area (Å²) in [5.41, 5.74) is 2.32. The molecular weight excluding hydrogens is 284 g/mol. The van der Waals surface area contributed by atoms with Crippen LogP contribution in [0.15, 0.2) is 53.7 Å². The second kappa shape index (κ2) is 6.37. The average molecular weight is 304 g/mol. The SMILES string of the molecule is Cc1ccc(C[C@@H](C)N(C)S(=O)(=O)c2cccnc2)cc1. The lowest BCUT2D eigenvalue weighted by Crippen LogP contribution is -2.36. The summed E-state index contributed by atoms with van der Waals surface area (Å²) in [5, 5.41) is 0. The van der Waals surface area contributed by atoms with E-state index in [1.807, 2.05) is 38.1 Å². The molecule has 1 aromatic heterocycles. The monoisotopic (exact) mass is 304 g/mol. The third-order valence-electron chi connectivity index (χ3n) is 3.58.